The van der Waals surface area contributed by atoms with E-state index in [0.29, 0.717) is 5.56 Å². The first-order valence-corrected chi connectivity index (χ1v) is 10.0. The number of benzene rings is 2. The number of imidazole rings is 1. The van der Waals surface area contributed by atoms with E-state index >= 15 is 0 Å². The summed E-state index contributed by atoms with van der Waals surface area (Å²) in [6, 6.07) is 5.95. The molecule has 11 heteroatoms. The van der Waals surface area contributed by atoms with Crippen LogP contribution in [0, 0.1) is 0 Å². The molecule has 0 fully saturated rings. The normalized spacial score (nSPS) is 10.9. The Morgan fingerprint density at radius 3 is 2.39 bits per heavy atom. The summed E-state index contributed by atoms with van der Waals surface area (Å²) in [4.78, 5) is 26.2. The Labute approximate surface area is 184 Å². The van der Waals surface area contributed by atoms with Gasteiger partial charge in [-0.05, 0) is 6.07 Å². The van der Waals surface area contributed by atoms with Crippen molar-refractivity contribution < 1.29 is 9.53 Å². The maximum absolute atomic E-state index is 13.2. The maximum atomic E-state index is 13.2. The molecule has 31 heavy (non-hydrogen) atoms. The monoisotopic (exact) mass is 407 g/mol. The maximum Gasteiger partial charge on any atom is 0.256 e. The first-order chi connectivity index (χ1) is 14.8. The van der Waals surface area contributed by atoms with Gasteiger partial charge in [0.05, 0.1) is 30.8 Å². The molecule has 0 aliphatic rings. The number of hydrogen-bond donors (Lipinski definition) is 1. The first kappa shape index (κ1) is 20.8. The molecule has 4 rings (SSSR count). The molecule has 0 aliphatic carbocycles. The standard InChI is InChI=1S/C20H21B4N5O2/c1-29-8-25-7-12(29)9-3-4-10-6-26-20(27-11(10)5-9)28-19(30)13-14(21)16(23)18(31-2)17(24)15(13)22/h3-8H,21-24H2,1-2H3,(H,26,27,28,30). The summed E-state index contributed by atoms with van der Waals surface area (Å²) in [5.41, 5.74) is 7.04. The van der Waals surface area contributed by atoms with E-state index in [1.807, 2.05) is 67.4 Å². The third-order valence-electron chi connectivity index (χ3n) is 5.91. The van der Waals surface area contributed by atoms with E-state index < -0.39 is 0 Å². The molecule has 0 unspecified atom stereocenters. The molecule has 1 N–H and O–H groups in total. The molecule has 0 aliphatic heterocycles. The molecule has 2 aromatic heterocycles. The minimum Gasteiger partial charge on any atom is -0.498 e. The molecule has 2 aromatic carbocycles. The van der Waals surface area contributed by atoms with Crippen LogP contribution in [0.25, 0.3) is 22.2 Å². The van der Waals surface area contributed by atoms with Crippen LogP contribution < -0.4 is 31.9 Å². The molecule has 7 nitrogen and oxygen atoms in total. The van der Waals surface area contributed by atoms with E-state index in [2.05, 4.69) is 20.3 Å². The molecular formula is C20H21B4N5O2. The van der Waals surface area contributed by atoms with Gasteiger partial charge >= 0.3 is 0 Å². The van der Waals surface area contributed by atoms with Crippen LogP contribution in [0.2, 0.25) is 0 Å². The summed E-state index contributed by atoms with van der Waals surface area (Å²) in [7, 11) is 11.4. The van der Waals surface area contributed by atoms with Crippen molar-refractivity contribution in [1.82, 2.24) is 19.5 Å². The Balaban J connectivity index is 1.70. The number of anilines is 1. The second-order valence-corrected chi connectivity index (χ2v) is 7.72. The summed E-state index contributed by atoms with van der Waals surface area (Å²) >= 11 is 0. The Bertz CT molecular complexity index is 1310. The van der Waals surface area contributed by atoms with Crippen LogP contribution >= 0.6 is 0 Å². The number of amides is 1. The lowest BCUT2D eigenvalue weighted by Crippen LogP contribution is -2.48. The van der Waals surface area contributed by atoms with Crippen molar-refractivity contribution in [3.8, 4) is 17.0 Å². The van der Waals surface area contributed by atoms with Crippen molar-refractivity contribution in [2.24, 2.45) is 7.05 Å². The van der Waals surface area contributed by atoms with E-state index in [1.165, 1.54) is 0 Å². The average Bonchev–Trinajstić information content (AvgIpc) is 3.18. The number of hydrogen-bond acceptors (Lipinski definition) is 5. The second-order valence-electron chi connectivity index (χ2n) is 7.72. The third-order valence-corrected chi connectivity index (χ3v) is 5.91. The zero-order chi connectivity index (χ0) is 22.3. The highest BCUT2D eigenvalue weighted by atomic mass is 16.5. The number of fused-ring (bicyclic) bond motifs is 1. The van der Waals surface area contributed by atoms with Crippen LogP contribution in [0.3, 0.4) is 0 Å². The molecule has 150 valence electrons. The predicted octanol–water partition coefficient (Wildman–Crippen LogP) is -3.68. The average molecular weight is 407 g/mol. The van der Waals surface area contributed by atoms with E-state index in [-0.39, 0.29) is 11.9 Å². The number of ether oxygens (including phenoxy) is 1. The smallest absolute Gasteiger partial charge is 0.256 e. The van der Waals surface area contributed by atoms with Crippen LogP contribution in [0.15, 0.2) is 36.9 Å². The lowest BCUT2D eigenvalue weighted by molar-refractivity contribution is 0.102. The zero-order valence-corrected chi connectivity index (χ0v) is 18.6. The Hall–Kier alpha value is -3.48. The molecule has 4 aromatic rings. The van der Waals surface area contributed by atoms with Crippen molar-refractivity contribution in [1.29, 1.82) is 0 Å². The highest BCUT2D eigenvalue weighted by Crippen LogP contribution is 2.23. The number of methoxy groups -OCH3 is 1. The SMILES string of the molecule is Bc1c(B)c(C(=O)Nc2ncc3ccc(-c4cncn4C)cc3n2)c(B)c(B)c1OC. The quantitative estimate of drug-likeness (QED) is 0.353. The van der Waals surface area contributed by atoms with Crippen LogP contribution in [0.1, 0.15) is 10.4 Å². The van der Waals surface area contributed by atoms with Gasteiger partial charge in [-0.15, -0.1) is 0 Å². The Morgan fingerprint density at radius 1 is 1.06 bits per heavy atom. The van der Waals surface area contributed by atoms with Gasteiger partial charge in [0.25, 0.3) is 5.91 Å². The number of aromatic nitrogens is 4. The largest absolute Gasteiger partial charge is 0.498 e. The fraction of sp³-hybridized carbons (Fsp3) is 0.100. The van der Waals surface area contributed by atoms with Gasteiger partial charge < -0.3 is 9.30 Å². The molecule has 2 heterocycles. The van der Waals surface area contributed by atoms with Crippen molar-refractivity contribution in [3.05, 3.63) is 42.5 Å². The molecule has 0 atom stereocenters. The number of nitrogens with one attached hydrogen (secondary N) is 1. The number of carbonyl (C=O) groups excluding carboxylic acids is 1. The topological polar surface area (TPSA) is 81.9 Å². The summed E-state index contributed by atoms with van der Waals surface area (Å²) in [6.07, 6.45) is 5.29. The summed E-state index contributed by atoms with van der Waals surface area (Å²) < 4.78 is 7.48. The van der Waals surface area contributed by atoms with Gasteiger partial charge in [0, 0.05) is 29.8 Å². The van der Waals surface area contributed by atoms with E-state index in [0.717, 1.165) is 49.8 Å². The van der Waals surface area contributed by atoms with Gasteiger partial charge in [0.15, 0.2) is 0 Å². The van der Waals surface area contributed by atoms with Gasteiger partial charge in [-0.2, -0.15) is 0 Å². The Kier molecular flexibility index (Phi) is 5.35. The highest BCUT2D eigenvalue weighted by Gasteiger charge is 2.20. The number of rotatable bonds is 4. The van der Waals surface area contributed by atoms with Gasteiger partial charge in [0.2, 0.25) is 5.95 Å². The van der Waals surface area contributed by atoms with Crippen LogP contribution in [-0.2, 0) is 7.05 Å². The minimum atomic E-state index is -0.231. The highest BCUT2D eigenvalue weighted by molar-refractivity contribution is 6.61. The molecule has 1 amide bonds. The van der Waals surface area contributed by atoms with Crippen molar-refractivity contribution in [2.75, 3.05) is 12.4 Å². The molecule has 0 saturated carbocycles. The molecule has 0 bridgehead atoms. The van der Waals surface area contributed by atoms with Crippen molar-refractivity contribution in [2.45, 2.75) is 0 Å². The molecular weight excluding hydrogens is 386 g/mol. The van der Waals surface area contributed by atoms with Gasteiger partial charge in [-0.1, -0.05) is 34.0 Å². The fourth-order valence-corrected chi connectivity index (χ4v) is 3.97. The molecule has 0 saturated heterocycles. The summed E-state index contributed by atoms with van der Waals surface area (Å²) in [6.45, 7) is 0. The van der Waals surface area contributed by atoms with Crippen LogP contribution in [-0.4, -0.2) is 63.9 Å². The minimum absolute atomic E-state index is 0.231. The number of aryl methyl sites for hydroxylation is 1. The van der Waals surface area contributed by atoms with Gasteiger partial charge in [-0.25, -0.2) is 15.0 Å². The van der Waals surface area contributed by atoms with E-state index in [1.54, 1.807) is 19.6 Å². The Morgan fingerprint density at radius 2 is 1.77 bits per heavy atom. The van der Waals surface area contributed by atoms with E-state index in [9.17, 15) is 4.79 Å². The van der Waals surface area contributed by atoms with Crippen LogP contribution in [0.5, 0.6) is 5.75 Å². The molecule has 0 spiro atoms. The third kappa shape index (κ3) is 3.60. The predicted molar refractivity (Wildman–Crippen MR) is 135 cm³/mol. The number of carbonyl (C=O) groups is 1. The van der Waals surface area contributed by atoms with E-state index in [4.69, 9.17) is 4.74 Å². The van der Waals surface area contributed by atoms with Gasteiger partial charge in [-0.3, -0.25) is 10.1 Å². The van der Waals surface area contributed by atoms with Crippen molar-refractivity contribution >= 4 is 76.0 Å². The lowest BCUT2D eigenvalue weighted by atomic mass is 9.66. The van der Waals surface area contributed by atoms with Crippen LogP contribution in [0.4, 0.5) is 5.95 Å². The first-order valence-electron chi connectivity index (χ1n) is 10.0. The fourth-order valence-electron chi connectivity index (χ4n) is 3.97. The zero-order valence-electron chi connectivity index (χ0n) is 18.6. The lowest BCUT2D eigenvalue weighted by Gasteiger charge is -2.20. The summed E-state index contributed by atoms with van der Waals surface area (Å²) in [5.74, 6) is 0.853. The summed E-state index contributed by atoms with van der Waals surface area (Å²) in [5, 5.41) is 3.77. The second kappa shape index (κ2) is 7.98. The number of nitrogens with zero attached hydrogens (tertiary/aromatic N) is 4. The molecule has 0 radical (unpaired) electrons. The van der Waals surface area contributed by atoms with Gasteiger partial charge in [0.1, 0.15) is 37.1 Å². The van der Waals surface area contributed by atoms with Crippen molar-refractivity contribution in [3.63, 3.8) is 0 Å².